The number of thiol groups is 1. The van der Waals surface area contributed by atoms with Crippen molar-refractivity contribution in [1.29, 1.82) is 0 Å². The van der Waals surface area contributed by atoms with Crippen LogP contribution in [-0.4, -0.2) is 22.1 Å². The normalized spacial score (nSPS) is 15.0. The maximum absolute atomic E-state index is 9.80. The first kappa shape index (κ1) is 13.1. The number of hydrogen-bond donors (Lipinski definition) is 3. The highest BCUT2D eigenvalue weighted by Gasteiger charge is 2.20. The molecule has 0 aliphatic heterocycles. The van der Waals surface area contributed by atoms with Gasteiger partial charge in [-0.25, -0.2) is 0 Å². The second-order valence-electron chi connectivity index (χ2n) is 3.19. The van der Waals surface area contributed by atoms with E-state index in [4.69, 9.17) is 23.2 Å². The van der Waals surface area contributed by atoms with E-state index >= 15 is 0 Å². The van der Waals surface area contributed by atoms with Gasteiger partial charge in [0.1, 0.15) is 6.10 Å². The molecule has 0 fully saturated rings. The van der Waals surface area contributed by atoms with E-state index in [-0.39, 0.29) is 0 Å². The summed E-state index contributed by atoms with van der Waals surface area (Å²) in [7, 11) is 0. The molecule has 84 valence electrons. The SMILES string of the molecule is OC(CCS)C(O)c1cc(Cl)ccc1Cl. The largest absolute Gasteiger partial charge is 0.390 e. The predicted octanol–water partition coefficient (Wildman–Crippen LogP) is 2.71. The molecule has 2 N–H and O–H groups in total. The molecular formula is C10H12Cl2O2S. The van der Waals surface area contributed by atoms with E-state index in [2.05, 4.69) is 12.6 Å². The molecule has 0 spiro atoms. The third kappa shape index (κ3) is 3.54. The highest BCUT2D eigenvalue weighted by molar-refractivity contribution is 7.80. The Morgan fingerprint density at radius 2 is 1.93 bits per heavy atom. The Morgan fingerprint density at radius 1 is 1.27 bits per heavy atom. The molecule has 0 aliphatic rings. The van der Waals surface area contributed by atoms with Crippen molar-refractivity contribution in [3.8, 4) is 0 Å². The van der Waals surface area contributed by atoms with Crippen LogP contribution in [0.25, 0.3) is 0 Å². The van der Waals surface area contributed by atoms with Crippen LogP contribution in [0.1, 0.15) is 18.1 Å². The molecule has 1 rings (SSSR count). The Bertz CT molecular complexity index is 333. The summed E-state index contributed by atoms with van der Waals surface area (Å²) in [6.07, 6.45) is -1.51. The predicted molar refractivity (Wildman–Crippen MR) is 65.9 cm³/mol. The van der Waals surface area contributed by atoms with E-state index < -0.39 is 12.2 Å². The molecule has 2 unspecified atom stereocenters. The van der Waals surface area contributed by atoms with Crippen LogP contribution < -0.4 is 0 Å². The lowest BCUT2D eigenvalue weighted by Crippen LogP contribution is -2.19. The summed E-state index contributed by atoms with van der Waals surface area (Å²) in [5, 5.41) is 20.3. The Labute approximate surface area is 104 Å². The van der Waals surface area contributed by atoms with Crippen LogP contribution in [0.5, 0.6) is 0 Å². The summed E-state index contributed by atoms with van der Waals surface area (Å²) >= 11 is 15.6. The Kier molecular flexibility index (Phi) is 5.23. The maximum Gasteiger partial charge on any atom is 0.106 e. The topological polar surface area (TPSA) is 40.5 Å². The van der Waals surface area contributed by atoms with Gasteiger partial charge in [-0.2, -0.15) is 12.6 Å². The van der Waals surface area contributed by atoms with Crippen LogP contribution in [0.2, 0.25) is 10.0 Å². The second-order valence-corrected chi connectivity index (χ2v) is 4.48. The summed E-state index contributed by atoms with van der Waals surface area (Å²) in [4.78, 5) is 0. The van der Waals surface area contributed by atoms with Crippen molar-refractivity contribution in [1.82, 2.24) is 0 Å². The van der Waals surface area contributed by atoms with E-state index in [1.807, 2.05) is 0 Å². The molecule has 0 aliphatic carbocycles. The smallest absolute Gasteiger partial charge is 0.106 e. The molecule has 0 radical (unpaired) electrons. The highest BCUT2D eigenvalue weighted by Crippen LogP contribution is 2.29. The maximum atomic E-state index is 9.80. The first-order valence-corrected chi connectivity index (χ1v) is 5.87. The van der Waals surface area contributed by atoms with Gasteiger partial charge in [0.2, 0.25) is 0 Å². The van der Waals surface area contributed by atoms with Gasteiger partial charge >= 0.3 is 0 Å². The van der Waals surface area contributed by atoms with Crippen molar-refractivity contribution in [3.05, 3.63) is 33.8 Å². The molecule has 2 nitrogen and oxygen atoms in total. The van der Waals surface area contributed by atoms with E-state index in [9.17, 15) is 10.2 Å². The second kappa shape index (κ2) is 5.97. The van der Waals surface area contributed by atoms with E-state index in [1.54, 1.807) is 18.2 Å². The Hall–Kier alpha value is 0.0700. The fraction of sp³-hybridized carbons (Fsp3) is 0.400. The van der Waals surface area contributed by atoms with Crippen LogP contribution in [0, 0.1) is 0 Å². The van der Waals surface area contributed by atoms with Gasteiger partial charge in [-0.15, -0.1) is 0 Å². The summed E-state index contributed by atoms with van der Waals surface area (Å²) in [6, 6.07) is 4.78. The van der Waals surface area contributed by atoms with Crippen molar-refractivity contribution in [2.24, 2.45) is 0 Å². The highest BCUT2D eigenvalue weighted by atomic mass is 35.5. The number of aliphatic hydroxyl groups excluding tert-OH is 2. The number of rotatable bonds is 4. The van der Waals surface area contributed by atoms with Crippen molar-refractivity contribution < 1.29 is 10.2 Å². The van der Waals surface area contributed by atoms with Gasteiger partial charge in [0.25, 0.3) is 0 Å². The first-order valence-electron chi connectivity index (χ1n) is 4.48. The molecule has 0 saturated heterocycles. The van der Waals surface area contributed by atoms with Gasteiger partial charge in [0.15, 0.2) is 0 Å². The van der Waals surface area contributed by atoms with Crippen LogP contribution >= 0.6 is 35.8 Å². The van der Waals surface area contributed by atoms with E-state index in [0.29, 0.717) is 27.8 Å². The van der Waals surface area contributed by atoms with Gasteiger partial charge in [-0.1, -0.05) is 23.2 Å². The number of aliphatic hydroxyl groups is 2. The van der Waals surface area contributed by atoms with Crippen LogP contribution in [0.4, 0.5) is 0 Å². The molecule has 0 aromatic heterocycles. The van der Waals surface area contributed by atoms with Crippen molar-refractivity contribution in [2.75, 3.05) is 5.75 Å². The summed E-state index contributed by atoms with van der Waals surface area (Å²) in [5.41, 5.74) is 0.443. The zero-order valence-electron chi connectivity index (χ0n) is 7.90. The average Bonchev–Trinajstić information content (AvgIpc) is 2.21. The molecule has 1 aromatic rings. The Morgan fingerprint density at radius 3 is 2.53 bits per heavy atom. The number of halogens is 2. The molecule has 0 amide bonds. The zero-order chi connectivity index (χ0) is 11.4. The fourth-order valence-corrected chi connectivity index (χ4v) is 1.91. The van der Waals surface area contributed by atoms with Gasteiger partial charge in [0, 0.05) is 15.6 Å². The first-order chi connectivity index (χ1) is 7.06. The fourth-order valence-electron chi connectivity index (χ4n) is 1.24. The average molecular weight is 267 g/mol. The van der Waals surface area contributed by atoms with Gasteiger partial charge in [0.05, 0.1) is 6.10 Å². The molecule has 2 atom stereocenters. The molecule has 0 bridgehead atoms. The molecule has 0 heterocycles. The van der Waals surface area contributed by atoms with Gasteiger partial charge < -0.3 is 10.2 Å². The summed E-state index contributed by atoms with van der Waals surface area (Å²) in [5.74, 6) is 0.496. The van der Waals surface area contributed by atoms with Crippen LogP contribution in [0.3, 0.4) is 0 Å². The summed E-state index contributed by atoms with van der Waals surface area (Å²) < 4.78 is 0. The van der Waals surface area contributed by atoms with Crippen molar-refractivity contribution >= 4 is 35.8 Å². The molecular weight excluding hydrogens is 255 g/mol. The minimum absolute atomic E-state index is 0.394. The summed E-state index contributed by atoms with van der Waals surface area (Å²) in [6.45, 7) is 0. The number of hydrogen-bond acceptors (Lipinski definition) is 3. The van der Waals surface area contributed by atoms with Crippen LogP contribution in [0.15, 0.2) is 18.2 Å². The van der Waals surface area contributed by atoms with Crippen molar-refractivity contribution in [2.45, 2.75) is 18.6 Å². The third-order valence-corrected chi connectivity index (χ3v) is 2.90. The van der Waals surface area contributed by atoms with Crippen LogP contribution in [-0.2, 0) is 0 Å². The lowest BCUT2D eigenvalue weighted by molar-refractivity contribution is 0.0173. The number of benzene rings is 1. The van der Waals surface area contributed by atoms with E-state index in [1.165, 1.54) is 0 Å². The molecule has 0 saturated carbocycles. The lowest BCUT2D eigenvalue weighted by Gasteiger charge is -2.18. The standard InChI is InChI=1S/C10H12Cl2O2S/c11-6-1-2-8(12)7(5-6)10(14)9(13)3-4-15/h1-2,5,9-10,13-15H,3-4H2. The van der Waals surface area contributed by atoms with Crippen molar-refractivity contribution in [3.63, 3.8) is 0 Å². The molecule has 5 heteroatoms. The van der Waals surface area contributed by atoms with E-state index in [0.717, 1.165) is 0 Å². The van der Waals surface area contributed by atoms with Gasteiger partial charge in [-0.3, -0.25) is 0 Å². The monoisotopic (exact) mass is 266 g/mol. The quantitative estimate of drug-likeness (QED) is 0.734. The Balaban J connectivity index is 2.89. The van der Waals surface area contributed by atoms with Gasteiger partial charge in [-0.05, 0) is 30.4 Å². The molecule has 1 aromatic carbocycles. The lowest BCUT2D eigenvalue weighted by atomic mass is 10.0. The minimum Gasteiger partial charge on any atom is -0.390 e. The zero-order valence-corrected chi connectivity index (χ0v) is 10.3. The minimum atomic E-state index is -1.02. The molecule has 15 heavy (non-hydrogen) atoms. The third-order valence-electron chi connectivity index (χ3n) is 2.07.